The van der Waals surface area contributed by atoms with Crippen LogP contribution in [-0.2, 0) is 6.54 Å². The van der Waals surface area contributed by atoms with Gasteiger partial charge in [0.05, 0.1) is 11.9 Å². The van der Waals surface area contributed by atoms with Crippen molar-refractivity contribution in [3.63, 3.8) is 0 Å². The average molecular weight is 194 g/mol. The zero-order valence-electron chi connectivity index (χ0n) is 8.23. The highest BCUT2D eigenvalue weighted by molar-refractivity contribution is 5.88. The van der Waals surface area contributed by atoms with Gasteiger partial charge in [-0.25, -0.2) is 4.79 Å². The summed E-state index contributed by atoms with van der Waals surface area (Å²) in [6.07, 6.45) is 4.88. The number of carboxylic acids is 1. The number of nitrogens with zero attached hydrogens (tertiary/aromatic N) is 2. The van der Waals surface area contributed by atoms with Gasteiger partial charge in [-0.1, -0.05) is 6.42 Å². The first-order valence-electron chi connectivity index (χ1n) is 5.03. The van der Waals surface area contributed by atoms with E-state index in [0.717, 1.165) is 25.1 Å². The minimum Gasteiger partial charge on any atom is -0.478 e. The molecule has 0 aromatic carbocycles. The van der Waals surface area contributed by atoms with Crippen LogP contribution in [0.2, 0.25) is 0 Å². The molecule has 1 heterocycles. The molecule has 1 aliphatic carbocycles. The van der Waals surface area contributed by atoms with Gasteiger partial charge in [0.15, 0.2) is 0 Å². The van der Waals surface area contributed by atoms with Crippen molar-refractivity contribution in [2.75, 3.05) is 0 Å². The maximum Gasteiger partial charge on any atom is 0.339 e. The summed E-state index contributed by atoms with van der Waals surface area (Å²) in [4.78, 5) is 10.9. The average Bonchev–Trinajstić information content (AvgIpc) is 2.45. The molecular formula is C10H14N2O2. The lowest BCUT2D eigenvalue weighted by molar-refractivity contribution is 0.0694. The highest BCUT2D eigenvalue weighted by Gasteiger charge is 2.28. The Morgan fingerprint density at radius 1 is 1.71 bits per heavy atom. The second-order valence-corrected chi connectivity index (χ2v) is 3.69. The quantitative estimate of drug-likeness (QED) is 0.799. The van der Waals surface area contributed by atoms with Gasteiger partial charge in [0, 0.05) is 12.5 Å². The van der Waals surface area contributed by atoms with E-state index < -0.39 is 5.97 Å². The molecule has 1 N–H and O–H groups in total. The zero-order valence-corrected chi connectivity index (χ0v) is 8.23. The maximum atomic E-state index is 10.9. The SMILES string of the molecule is CCn1ncc(C(=O)O)c1C1CCC1. The van der Waals surface area contributed by atoms with Crippen LogP contribution < -0.4 is 0 Å². The van der Waals surface area contributed by atoms with E-state index in [-0.39, 0.29) is 0 Å². The molecular weight excluding hydrogens is 180 g/mol. The van der Waals surface area contributed by atoms with E-state index in [1.807, 2.05) is 11.6 Å². The maximum absolute atomic E-state index is 10.9. The van der Waals surface area contributed by atoms with Crippen molar-refractivity contribution in [1.82, 2.24) is 9.78 Å². The lowest BCUT2D eigenvalue weighted by Gasteiger charge is -2.26. The molecule has 4 nitrogen and oxygen atoms in total. The van der Waals surface area contributed by atoms with Gasteiger partial charge in [-0.2, -0.15) is 5.10 Å². The number of aromatic nitrogens is 2. The van der Waals surface area contributed by atoms with E-state index in [0.29, 0.717) is 11.5 Å². The topological polar surface area (TPSA) is 55.1 Å². The van der Waals surface area contributed by atoms with Crippen LogP contribution in [0.1, 0.15) is 48.2 Å². The fourth-order valence-corrected chi connectivity index (χ4v) is 1.92. The van der Waals surface area contributed by atoms with Gasteiger partial charge in [0.25, 0.3) is 0 Å². The second-order valence-electron chi connectivity index (χ2n) is 3.69. The van der Waals surface area contributed by atoms with E-state index in [4.69, 9.17) is 5.11 Å². The van der Waals surface area contributed by atoms with Crippen molar-refractivity contribution < 1.29 is 9.90 Å². The Hall–Kier alpha value is -1.32. The van der Waals surface area contributed by atoms with Crippen molar-refractivity contribution in [3.8, 4) is 0 Å². The molecule has 0 spiro atoms. The number of carboxylic acid groups (broad SMARTS) is 1. The lowest BCUT2D eigenvalue weighted by atomic mass is 9.81. The molecule has 0 bridgehead atoms. The fraction of sp³-hybridized carbons (Fsp3) is 0.600. The summed E-state index contributed by atoms with van der Waals surface area (Å²) in [7, 11) is 0. The Labute approximate surface area is 82.5 Å². The first-order valence-corrected chi connectivity index (χ1v) is 5.03. The summed E-state index contributed by atoms with van der Waals surface area (Å²) in [6, 6.07) is 0. The second kappa shape index (κ2) is 3.44. The van der Waals surface area contributed by atoms with Crippen LogP contribution in [0.4, 0.5) is 0 Å². The molecule has 76 valence electrons. The van der Waals surface area contributed by atoms with Crippen LogP contribution >= 0.6 is 0 Å². The van der Waals surface area contributed by atoms with Crippen molar-refractivity contribution in [1.29, 1.82) is 0 Å². The molecule has 1 saturated carbocycles. The molecule has 1 fully saturated rings. The predicted octanol–water partition coefficient (Wildman–Crippen LogP) is 1.87. The molecule has 1 aliphatic rings. The molecule has 14 heavy (non-hydrogen) atoms. The van der Waals surface area contributed by atoms with Crippen LogP contribution in [-0.4, -0.2) is 20.9 Å². The number of hydrogen-bond acceptors (Lipinski definition) is 2. The molecule has 0 amide bonds. The third kappa shape index (κ3) is 1.31. The minimum atomic E-state index is -0.855. The summed E-state index contributed by atoms with van der Waals surface area (Å²) in [5.41, 5.74) is 1.31. The Morgan fingerprint density at radius 2 is 2.43 bits per heavy atom. The molecule has 1 aromatic rings. The third-order valence-electron chi connectivity index (χ3n) is 2.90. The smallest absolute Gasteiger partial charge is 0.339 e. The molecule has 0 unspecified atom stereocenters. The van der Waals surface area contributed by atoms with Gasteiger partial charge in [-0.05, 0) is 19.8 Å². The van der Waals surface area contributed by atoms with E-state index in [9.17, 15) is 4.79 Å². The fourth-order valence-electron chi connectivity index (χ4n) is 1.92. The van der Waals surface area contributed by atoms with E-state index in [1.54, 1.807) is 0 Å². The van der Waals surface area contributed by atoms with Gasteiger partial charge >= 0.3 is 5.97 Å². The Morgan fingerprint density at radius 3 is 2.86 bits per heavy atom. The zero-order chi connectivity index (χ0) is 10.1. The van der Waals surface area contributed by atoms with Gasteiger partial charge in [-0.3, -0.25) is 4.68 Å². The summed E-state index contributed by atoms with van der Waals surface area (Å²) in [6.45, 7) is 2.74. The Kier molecular flexibility index (Phi) is 2.27. The summed E-state index contributed by atoms with van der Waals surface area (Å²) in [5.74, 6) is -0.435. The van der Waals surface area contributed by atoms with Crippen LogP contribution in [0.3, 0.4) is 0 Å². The van der Waals surface area contributed by atoms with Crippen molar-refractivity contribution in [2.45, 2.75) is 38.6 Å². The molecule has 0 saturated heterocycles. The van der Waals surface area contributed by atoms with Crippen molar-refractivity contribution >= 4 is 5.97 Å². The normalized spacial score (nSPS) is 16.6. The number of rotatable bonds is 3. The predicted molar refractivity (Wildman–Crippen MR) is 51.5 cm³/mol. The first-order chi connectivity index (χ1) is 6.74. The van der Waals surface area contributed by atoms with Gasteiger partial charge in [0.2, 0.25) is 0 Å². The van der Waals surface area contributed by atoms with E-state index >= 15 is 0 Å². The van der Waals surface area contributed by atoms with Gasteiger partial charge in [0.1, 0.15) is 5.56 Å². The highest BCUT2D eigenvalue weighted by atomic mass is 16.4. The van der Waals surface area contributed by atoms with Crippen LogP contribution in [0.15, 0.2) is 6.20 Å². The van der Waals surface area contributed by atoms with Crippen molar-refractivity contribution in [2.24, 2.45) is 0 Å². The largest absolute Gasteiger partial charge is 0.478 e. The lowest BCUT2D eigenvalue weighted by Crippen LogP contribution is -2.17. The van der Waals surface area contributed by atoms with E-state index in [2.05, 4.69) is 5.10 Å². The van der Waals surface area contributed by atoms with Crippen molar-refractivity contribution in [3.05, 3.63) is 17.5 Å². The Bertz CT molecular complexity index is 353. The molecule has 2 rings (SSSR count). The summed E-state index contributed by atoms with van der Waals surface area (Å²) < 4.78 is 1.81. The molecule has 1 aromatic heterocycles. The summed E-state index contributed by atoms with van der Waals surface area (Å²) >= 11 is 0. The molecule has 0 aliphatic heterocycles. The van der Waals surface area contributed by atoms with Gasteiger partial charge < -0.3 is 5.11 Å². The first kappa shape index (κ1) is 9.24. The number of aryl methyl sites for hydroxylation is 1. The Balaban J connectivity index is 2.40. The van der Waals surface area contributed by atoms with E-state index in [1.165, 1.54) is 12.6 Å². The van der Waals surface area contributed by atoms with Crippen LogP contribution in [0.25, 0.3) is 0 Å². The number of aromatic carboxylic acids is 1. The number of carbonyl (C=O) groups is 1. The monoisotopic (exact) mass is 194 g/mol. The highest BCUT2D eigenvalue weighted by Crippen LogP contribution is 2.37. The number of hydrogen-bond donors (Lipinski definition) is 1. The standard InChI is InChI=1S/C10H14N2O2/c1-2-12-9(7-4-3-5-7)8(6-11-12)10(13)14/h6-7H,2-5H2,1H3,(H,13,14). The molecule has 0 atom stereocenters. The van der Waals surface area contributed by atoms with Crippen LogP contribution in [0.5, 0.6) is 0 Å². The van der Waals surface area contributed by atoms with Crippen LogP contribution in [0, 0.1) is 0 Å². The summed E-state index contributed by atoms with van der Waals surface area (Å²) in [5, 5.41) is 13.1. The molecule has 0 radical (unpaired) electrons. The molecule has 4 heteroatoms. The third-order valence-corrected chi connectivity index (χ3v) is 2.90. The van der Waals surface area contributed by atoms with Gasteiger partial charge in [-0.15, -0.1) is 0 Å². The minimum absolute atomic E-state index is 0.386.